The van der Waals surface area contributed by atoms with Crippen molar-refractivity contribution in [3.8, 4) is 11.3 Å². The van der Waals surface area contributed by atoms with Gasteiger partial charge in [0.15, 0.2) is 11.5 Å². The van der Waals surface area contributed by atoms with Crippen LogP contribution >= 0.6 is 0 Å². The highest BCUT2D eigenvalue weighted by Crippen LogP contribution is 2.20. The number of likely N-dealkylation sites (N-methyl/N-ethyl adjacent to an activating group) is 1. The van der Waals surface area contributed by atoms with Crippen LogP contribution in [0.1, 0.15) is 10.5 Å². The van der Waals surface area contributed by atoms with Crippen molar-refractivity contribution < 1.29 is 14.4 Å². The molecule has 0 aliphatic rings. The highest BCUT2D eigenvalue weighted by atomic mass is 16.5. The molecule has 1 aromatic carbocycles. The van der Waals surface area contributed by atoms with E-state index in [-0.39, 0.29) is 24.8 Å². The van der Waals surface area contributed by atoms with Crippen molar-refractivity contribution in [1.29, 1.82) is 0 Å². The Kier molecular flexibility index (Phi) is 3.74. The normalized spacial score (nSPS) is 10.3. The Labute approximate surface area is 105 Å². The number of aromatic nitrogens is 1. The van der Waals surface area contributed by atoms with Crippen LogP contribution in [0.15, 0.2) is 40.9 Å². The van der Waals surface area contributed by atoms with Crippen molar-refractivity contribution in [2.45, 2.75) is 0 Å². The zero-order valence-corrected chi connectivity index (χ0v) is 10.0. The lowest BCUT2D eigenvalue weighted by Gasteiger charge is -2.12. The molecule has 0 atom stereocenters. The predicted octanol–water partition coefficient (Wildman–Crippen LogP) is 1.41. The molecule has 5 nitrogen and oxygen atoms in total. The fourth-order valence-electron chi connectivity index (χ4n) is 1.56. The summed E-state index contributed by atoms with van der Waals surface area (Å²) in [5, 5.41) is 12.5. The van der Waals surface area contributed by atoms with E-state index in [9.17, 15) is 4.79 Å². The van der Waals surface area contributed by atoms with E-state index in [0.29, 0.717) is 5.76 Å². The summed E-state index contributed by atoms with van der Waals surface area (Å²) in [5.74, 6) is 0.284. The van der Waals surface area contributed by atoms with Crippen molar-refractivity contribution in [3.63, 3.8) is 0 Å². The van der Waals surface area contributed by atoms with Gasteiger partial charge in [0.25, 0.3) is 5.91 Å². The Morgan fingerprint density at radius 1 is 1.39 bits per heavy atom. The van der Waals surface area contributed by atoms with E-state index in [4.69, 9.17) is 9.63 Å². The third-order valence-corrected chi connectivity index (χ3v) is 2.57. The molecule has 1 N–H and O–H groups in total. The summed E-state index contributed by atoms with van der Waals surface area (Å²) in [7, 11) is 1.61. The molecule has 2 aromatic rings. The lowest BCUT2D eigenvalue weighted by molar-refractivity contribution is 0.0757. The molecule has 0 saturated heterocycles. The van der Waals surface area contributed by atoms with Crippen molar-refractivity contribution >= 4 is 5.91 Å². The summed E-state index contributed by atoms with van der Waals surface area (Å²) in [6.07, 6.45) is 0. The van der Waals surface area contributed by atoms with Crippen molar-refractivity contribution in [2.75, 3.05) is 20.2 Å². The molecule has 0 radical (unpaired) electrons. The number of hydrogen-bond acceptors (Lipinski definition) is 4. The number of benzene rings is 1. The fraction of sp³-hybridized carbons (Fsp3) is 0.231. The zero-order chi connectivity index (χ0) is 13.0. The minimum absolute atomic E-state index is 0.0777. The van der Waals surface area contributed by atoms with E-state index in [1.165, 1.54) is 4.90 Å². The van der Waals surface area contributed by atoms with Gasteiger partial charge in [-0.05, 0) is 0 Å². The van der Waals surface area contributed by atoms with Gasteiger partial charge in [-0.2, -0.15) is 0 Å². The summed E-state index contributed by atoms with van der Waals surface area (Å²) >= 11 is 0. The fourth-order valence-corrected chi connectivity index (χ4v) is 1.56. The first-order valence-corrected chi connectivity index (χ1v) is 5.61. The molecule has 5 heteroatoms. The highest BCUT2D eigenvalue weighted by molar-refractivity contribution is 5.92. The van der Waals surface area contributed by atoms with Crippen LogP contribution in [0.5, 0.6) is 0 Å². The smallest absolute Gasteiger partial charge is 0.275 e. The second-order valence-electron chi connectivity index (χ2n) is 3.89. The largest absolute Gasteiger partial charge is 0.395 e. The number of carbonyl (C=O) groups excluding carboxylic acids is 1. The summed E-state index contributed by atoms with van der Waals surface area (Å²) in [6.45, 7) is 0.192. The van der Waals surface area contributed by atoms with Crippen LogP contribution in [-0.4, -0.2) is 41.3 Å². The van der Waals surface area contributed by atoms with Gasteiger partial charge >= 0.3 is 0 Å². The predicted molar refractivity (Wildman–Crippen MR) is 66.0 cm³/mol. The SMILES string of the molecule is CN(CCO)C(=O)c1cc(-c2ccccc2)on1. The first-order chi connectivity index (χ1) is 8.72. The van der Waals surface area contributed by atoms with Crippen LogP contribution in [0, 0.1) is 0 Å². The van der Waals surface area contributed by atoms with E-state index in [0.717, 1.165) is 5.56 Å². The molecule has 0 bridgehead atoms. The second-order valence-corrected chi connectivity index (χ2v) is 3.89. The van der Waals surface area contributed by atoms with Gasteiger partial charge < -0.3 is 14.5 Å². The molecule has 0 aliphatic carbocycles. The number of amides is 1. The second kappa shape index (κ2) is 5.46. The number of carbonyl (C=O) groups is 1. The van der Waals surface area contributed by atoms with Crippen LogP contribution in [0.3, 0.4) is 0 Å². The average Bonchev–Trinajstić information content (AvgIpc) is 2.89. The molecule has 0 saturated carbocycles. The van der Waals surface area contributed by atoms with Gasteiger partial charge in [0, 0.05) is 25.2 Å². The maximum absolute atomic E-state index is 11.9. The van der Waals surface area contributed by atoms with Gasteiger partial charge in [-0.3, -0.25) is 4.79 Å². The first-order valence-electron chi connectivity index (χ1n) is 5.61. The van der Waals surface area contributed by atoms with Crippen molar-refractivity contribution in [2.24, 2.45) is 0 Å². The van der Waals surface area contributed by atoms with Gasteiger partial charge in [-0.15, -0.1) is 0 Å². The Morgan fingerprint density at radius 2 is 2.11 bits per heavy atom. The Morgan fingerprint density at radius 3 is 2.78 bits per heavy atom. The number of nitrogens with zero attached hydrogens (tertiary/aromatic N) is 2. The van der Waals surface area contributed by atoms with Gasteiger partial charge in [0.2, 0.25) is 0 Å². The van der Waals surface area contributed by atoms with E-state index in [2.05, 4.69) is 5.16 Å². The van der Waals surface area contributed by atoms with Gasteiger partial charge in [-0.1, -0.05) is 35.5 Å². The highest BCUT2D eigenvalue weighted by Gasteiger charge is 2.16. The van der Waals surface area contributed by atoms with E-state index < -0.39 is 0 Å². The Hall–Kier alpha value is -2.14. The molecule has 0 fully saturated rings. The third-order valence-electron chi connectivity index (χ3n) is 2.57. The van der Waals surface area contributed by atoms with E-state index in [1.54, 1.807) is 13.1 Å². The van der Waals surface area contributed by atoms with E-state index >= 15 is 0 Å². The van der Waals surface area contributed by atoms with Gasteiger partial charge in [0.05, 0.1) is 6.61 Å². The molecule has 0 aliphatic heterocycles. The topological polar surface area (TPSA) is 66.6 Å². The van der Waals surface area contributed by atoms with Crippen molar-refractivity contribution in [1.82, 2.24) is 10.1 Å². The number of aliphatic hydroxyl groups excluding tert-OH is 1. The molecule has 18 heavy (non-hydrogen) atoms. The molecular weight excluding hydrogens is 232 g/mol. The van der Waals surface area contributed by atoms with Crippen LogP contribution in [0.4, 0.5) is 0 Å². The molecule has 1 aromatic heterocycles. The average molecular weight is 246 g/mol. The maximum Gasteiger partial charge on any atom is 0.275 e. The van der Waals surface area contributed by atoms with Crippen LogP contribution < -0.4 is 0 Å². The van der Waals surface area contributed by atoms with Crippen LogP contribution in [0.2, 0.25) is 0 Å². The summed E-state index contributed by atoms with van der Waals surface area (Å²) in [6, 6.07) is 11.0. The number of rotatable bonds is 4. The molecular formula is C13H14N2O3. The van der Waals surface area contributed by atoms with Gasteiger partial charge in [-0.25, -0.2) is 0 Å². The summed E-state index contributed by atoms with van der Waals surface area (Å²) < 4.78 is 5.14. The molecule has 0 unspecified atom stereocenters. The minimum atomic E-state index is -0.269. The van der Waals surface area contributed by atoms with Crippen molar-refractivity contribution in [3.05, 3.63) is 42.1 Å². The summed E-state index contributed by atoms with van der Waals surface area (Å²) in [4.78, 5) is 13.3. The quantitative estimate of drug-likeness (QED) is 0.885. The minimum Gasteiger partial charge on any atom is -0.395 e. The monoisotopic (exact) mass is 246 g/mol. The standard InChI is InChI=1S/C13H14N2O3/c1-15(7-8-16)13(17)11-9-12(18-14-11)10-5-3-2-4-6-10/h2-6,9,16H,7-8H2,1H3. The lowest BCUT2D eigenvalue weighted by Crippen LogP contribution is -2.29. The lowest BCUT2D eigenvalue weighted by atomic mass is 10.1. The maximum atomic E-state index is 11.9. The van der Waals surface area contributed by atoms with Crippen LogP contribution in [0.25, 0.3) is 11.3 Å². The molecule has 1 heterocycles. The molecule has 94 valence electrons. The zero-order valence-electron chi connectivity index (χ0n) is 10.0. The number of hydrogen-bond donors (Lipinski definition) is 1. The molecule has 2 rings (SSSR count). The number of aliphatic hydroxyl groups is 1. The van der Waals surface area contributed by atoms with E-state index in [1.807, 2.05) is 30.3 Å². The Bertz CT molecular complexity index is 522. The van der Waals surface area contributed by atoms with Gasteiger partial charge in [0.1, 0.15) is 0 Å². The van der Waals surface area contributed by atoms with Crippen LogP contribution in [-0.2, 0) is 0 Å². The third kappa shape index (κ3) is 2.57. The first kappa shape index (κ1) is 12.3. The summed E-state index contributed by atoms with van der Waals surface area (Å²) in [5.41, 5.74) is 1.11. The molecule has 0 spiro atoms. The molecule has 1 amide bonds. The Balaban J connectivity index is 2.18.